The molecule has 1 saturated carbocycles. The first-order chi connectivity index (χ1) is 22.8. The van der Waals surface area contributed by atoms with Crippen LogP contribution in [-0.2, 0) is 66.7 Å². The fourth-order valence-electron chi connectivity index (χ4n) is 4.44. The molecular formula is C33H42O15. The van der Waals surface area contributed by atoms with E-state index in [1.54, 1.807) is 0 Å². The van der Waals surface area contributed by atoms with Crippen LogP contribution >= 0.6 is 0 Å². The monoisotopic (exact) mass is 678 g/mol. The number of carboxylic acid groups (broad SMARTS) is 1. The lowest BCUT2D eigenvalue weighted by molar-refractivity contribution is -0.175. The van der Waals surface area contributed by atoms with Gasteiger partial charge in [0.05, 0.1) is 35.9 Å². The standard InChI is InChI=1S/C33H42O15/c1-6-25(34)43-17-32(18-44-26(35)7-2,19-45-27(36)8-3)15-42-16-33(20-46-28(37)9-4,21-47-29(38)10-5)22-48-31(41)24-14-12-11-13-23(24)30(39)40/h6-10,23-24H,1-5,11-22H2,(H,39,40). The molecule has 0 aliphatic heterocycles. The highest BCUT2D eigenvalue weighted by molar-refractivity contribution is 5.83. The topological polar surface area (TPSA) is 204 Å². The molecule has 2 unspecified atom stereocenters. The molecule has 0 aromatic rings. The van der Waals surface area contributed by atoms with Crippen molar-refractivity contribution in [3.8, 4) is 0 Å². The highest BCUT2D eigenvalue weighted by Gasteiger charge is 2.42. The highest BCUT2D eigenvalue weighted by atomic mass is 16.6. The van der Waals surface area contributed by atoms with Crippen LogP contribution in [-0.4, -0.2) is 99.7 Å². The number of carbonyl (C=O) groups excluding carboxylic acids is 6. The van der Waals surface area contributed by atoms with E-state index in [4.69, 9.17) is 33.2 Å². The predicted octanol–water partition coefficient (Wildman–Crippen LogP) is 2.06. The van der Waals surface area contributed by atoms with E-state index in [1.807, 2.05) is 0 Å². The molecule has 1 rings (SSSR count). The fraction of sp³-hybridized carbons (Fsp3) is 0.485. The number of carbonyl (C=O) groups is 7. The molecule has 1 aliphatic carbocycles. The SMILES string of the molecule is C=CC(=O)OCC(COCC(COC(=O)C=C)(COC(=O)C=C)COC(=O)C1CCCCC1C(=O)O)(COC(=O)C=C)COC(=O)C=C. The molecular weight excluding hydrogens is 636 g/mol. The lowest BCUT2D eigenvalue weighted by Gasteiger charge is -2.36. The number of hydrogen-bond acceptors (Lipinski definition) is 14. The molecule has 264 valence electrons. The first-order valence-electron chi connectivity index (χ1n) is 14.7. The molecule has 15 heteroatoms. The summed E-state index contributed by atoms with van der Waals surface area (Å²) in [5.74, 6) is -8.22. The quantitative estimate of drug-likeness (QED) is 0.0933. The van der Waals surface area contributed by atoms with Gasteiger partial charge in [-0.1, -0.05) is 45.7 Å². The lowest BCUT2D eigenvalue weighted by atomic mass is 9.79. The summed E-state index contributed by atoms with van der Waals surface area (Å²) in [7, 11) is 0. The Morgan fingerprint density at radius 1 is 0.500 bits per heavy atom. The Bertz CT molecular complexity index is 1150. The van der Waals surface area contributed by atoms with Crippen molar-refractivity contribution in [2.75, 3.05) is 52.9 Å². The molecule has 0 amide bonds. The largest absolute Gasteiger partial charge is 0.481 e. The number of rotatable bonds is 23. The molecule has 48 heavy (non-hydrogen) atoms. The first kappa shape index (κ1) is 41.0. The Balaban J connectivity index is 3.46. The van der Waals surface area contributed by atoms with Crippen molar-refractivity contribution in [3.63, 3.8) is 0 Å². The van der Waals surface area contributed by atoms with Crippen LogP contribution in [0.5, 0.6) is 0 Å². The molecule has 0 aromatic heterocycles. The maximum atomic E-state index is 13.2. The van der Waals surface area contributed by atoms with Gasteiger partial charge in [-0.15, -0.1) is 0 Å². The van der Waals surface area contributed by atoms with Gasteiger partial charge in [-0.2, -0.15) is 0 Å². The van der Waals surface area contributed by atoms with E-state index in [-0.39, 0.29) is 12.8 Å². The number of hydrogen-bond donors (Lipinski definition) is 1. The van der Waals surface area contributed by atoms with E-state index >= 15 is 0 Å². The van der Waals surface area contributed by atoms with Crippen molar-refractivity contribution in [1.29, 1.82) is 0 Å². The average molecular weight is 679 g/mol. The van der Waals surface area contributed by atoms with Crippen molar-refractivity contribution in [2.24, 2.45) is 22.7 Å². The van der Waals surface area contributed by atoms with Gasteiger partial charge >= 0.3 is 41.8 Å². The summed E-state index contributed by atoms with van der Waals surface area (Å²) in [4.78, 5) is 85.0. The zero-order chi connectivity index (χ0) is 36.2. The van der Waals surface area contributed by atoms with E-state index in [9.17, 15) is 38.7 Å². The first-order valence-corrected chi connectivity index (χ1v) is 14.7. The zero-order valence-corrected chi connectivity index (χ0v) is 26.7. The second-order valence-electron chi connectivity index (χ2n) is 11.0. The highest BCUT2D eigenvalue weighted by Crippen LogP contribution is 2.32. The third-order valence-corrected chi connectivity index (χ3v) is 7.16. The summed E-state index contributed by atoms with van der Waals surface area (Å²) in [5, 5.41) is 9.63. The van der Waals surface area contributed by atoms with Crippen molar-refractivity contribution < 1.29 is 71.8 Å². The predicted molar refractivity (Wildman–Crippen MR) is 166 cm³/mol. The molecule has 0 aromatic carbocycles. The number of esters is 6. The Morgan fingerprint density at radius 2 is 0.792 bits per heavy atom. The number of aliphatic carboxylic acids is 1. The minimum atomic E-state index is -1.61. The minimum Gasteiger partial charge on any atom is -0.481 e. The van der Waals surface area contributed by atoms with E-state index in [1.165, 1.54) is 0 Å². The summed E-state index contributed by atoms with van der Waals surface area (Å²) in [5.41, 5.74) is -3.16. The van der Waals surface area contributed by atoms with Gasteiger partial charge in [0, 0.05) is 30.4 Å². The molecule has 0 radical (unpaired) electrons. The summed E-state index contributed by atoms with van der Waals surface area (Å²) < 4.78 is 37.6. The van der Waals surface area contributed by atoms with Crippen molar-refractivity contribution in [3.05, 3.63) is 63.3 Å². The maximum absolute atomic E-state index is 13.2. The van der Waals surface area contributed by atoms with Crippen LogP contribution in [0.4, 0.5) is 0 Å². The van der Waals surface area contributed by atoms with Crippen LogP contribution in [0, 0.1) is 22.7 Å². The van der Waals surface area contributed by atoms with Crippen LogP contribution in [0.15, 0.2) is 63.3 Å². The van der Waals surface area contributed by atoms with Gasteiger partial charge in [-0.25, -0.2) is 24.0 Å². The lowest BCUT2D eigenvalue weighted by Crippen LogP contribution is -2.47. The molecule has 0 heterocycles. The molecule has 1 aliphatic rings. The Kier molecular flexibility index (Phi) is 17.9. The molecule has 0 saturated heterocycles. The molecule has 15 nitrogen and oxygen atoms in total. The van der Waals surface area contributed by atoms with Gasteiger partial charge in [-0.05, 0) is 12.8 Å². The second-order valence-corrected chi connectivity index (χ2v) is 11.0. The van der Waals surface area contributed by atoms with Crippen molar-refractivity contribution >= 4 is 41.8 Å². The molecule has 2 atom stereocenters. The van der Waals surface area contributed by atoms with Gasteiger partial charge in [-0.3, -0.25) is 9.59 Å². The summed E-state index contributed by atoms with van der Waals surface area (Å²) in [6.45, 7) is 12.4. The van der Waals surface area contributed by atoms with Crippen LogP contribution in [0.25, 0.3) is 0 Å². The van der Waals surface area contributed by atoms with E-state index < -0.39 is 117 Å². The number of ether oxygens (including phenoxy) is 7. The van der Waals surface area contributed by atoms with Crippen molar-refractivity contribution in [1.82, 2.24) is 0 Å². The van der Waals surface area contributed by atoms with Gasteiger partial charge in [0.1, 0.15) is 39.6 Å². The van der Waals surface area contributed by atoms with Crippen LogP contribution in [0.3, 0.4) is 0 Å². The van der Waals surface area contributed by atoms with Gasteiger partial charge in [0.15, 0.2) is 0 Å². The molecule has 0 spiro atoms. The normalized spacial score (nSPS) is 15.8. The van der Waals surface area contributed by atoms with Gasteiger partial charge < -0.3 is 38.3 Å². The van der Waals surface area contributed by atoms with Crippen LogP contribution in [0.1, 0.15) is 25.7 Å². The maximum Gasteiger partial charge on any atom is 0.330 e. The summed E-state index contributed by atoms with van der Waals surface area (Å²) in [6, 6.07) is 0. The fourth-order valence-corrected chi connectivity index (χ4v) is 4.44. The van der Waals surface area contributed by atoms with E-state index in [0.717, 1.165) is 30.4 Å². The van der Waals surface area contributed by atoms with Crippen LogP contribution in [0.2, 0.25) is 0 Å². The van der Waals surface area contributed by atoms with Crippen molar-refractivity contribution in [2.45, 2.75) is 25.7 Å². The Hall–Kier alpha value is -5.05. The Labute approximate surface area is 278 Å². The average Bonchev–Trinajstić information content (AvgIpc) is 3.11. The van der Waals surface area contributed by atoms with E-state index in [2.05, 4.69) is 32.9 Å². The summed E-state index contributed by atoms with van der Waals surface area (Å²) in [6.07, 6.45) is 6.15. The van der Waals surface area contributed by atoms with Crippen LogP contribution < -0.4 is 0 Å². The Morgan fingerprint density at radius 3 is 1.08 bits per heavy atom. The van der Waals surface area contributed by atoms with E-state index in [0.29, 0.717) is 12.8 Å². The summed E-state index contributed by atoms with van der Waals surface area (Å²) >= 11 is 0. The number of carboxylic acids is 1. The molecule has 1 N–H and O–H groups in total. The van der Waals surface area contributed by atoms with Gasteiger partial charge in [0.25, 0.3) is 0 Å². The zero-order valence-electron chi connectivity index (χ0n) is 26.7. The smallest absolute Gasteiger partial charge is 0.330 e. The van der Waals surface area contributed by atoms with Gasteiger partial charge in [0.2, 0.25) is 0 Å². The third-order valence-electron chi connectivity index (χ3n) is 7.16. The third kappa shape index (κ3) is 14.2. The molecule has 1 fully saturated rings. The second kappa shape index (κ2) is 20.9. The molecule has 0 bridgehead atoms. The minimum absolute atomic E-state index is 0.273.